The van der Waals surface area contributed by atoms with Gasteiger partial charge in [0.15, 0.2) is 0 Å². The van der Waals surface area contributed by atoms with E-state index in [2.05, 4.69) is 0 Å². The van der Waals surface area contributed by atoms with Gasteiger partial charge in [0.2, 0.25) is 0 Å². The van der Waals surface area contributed by atoms with E-state index >= 15 is 0 Å². The van der Waals surface area contributed by atoms with Crippen LogP contribution in [0.4, 0.5) is 0 Å². The summed E-state index contributed by atoms with van der Waals surface area (Å²) in [6, 6.07) is 0. The highest BCUT2D eigenvalue weighted by atomic mass is 16.1. The summed E-state index contributed by atoms with van der Waals surface area (Å²) in [5, 5.41) is 0. The zero-order valence-corrected chi connectivity index (χ0v) is 7.49. The largest absolute Gasteiger partial charge is 0.303 e. The molecule has 13 heavy (non-hydrogen) atoms. The normalized spacial score (nSPS) is 10.5. The number of hydrogen-bond acceptors (Lipinski definition) is 4. The number of carbonyl (C=O) groups excluding carboxylic acids is 4. The van der Waals surface area contributed by atoms with Gasteiger partial charge in [0, 0.05) is 24.7 Å². The summed E-state index contributed by atoms with van der Waals surface area (Å²) in [7, 11) is 0. The van der Waals surface area contributed by atoms with E-state index in [9.17, 15) is 19.2 Å². The molecule has 0 aromatic carbocycles. The predicted molar refractivity (Wildman–Crippen MR) is 45.2 cm³/mol. The molecule has 0 N–H and O–H groups in total. The highest BCUT2D eigenvalue weighted by molar-refractivity contribution is 5.89. The van der Waals surface area contributed by atoms with Crippen molar-refractivity contribution in [3.05, 3.63) is 0 Å². The van der Waals surface area contributed by atoms with Gasteiger partial charge in [0.25, 0.3) is 0 Å². The molecular formula is C9H12O4. The molecule has 0 fully saturated rings. The fourth-order valence-electron chi connectivity index (χ4n) is 1.16. The fourth-order valence-corrected chi connectivity index (χ4v) is 1.16. The minimum Gasteiger partial charge on any atom is -0.303 e. The summed E-state index contributed by atoms with van der Waals surface area (Å²) in [5.74, 6) is -0.293. The van der Waals surface area contributed by atoms with E-state index in [0.29, 0.717) is 18.9 Å². The van der Waals surface area contributed by atoms with Crippen LogP contribution in [0.25, 0.3) is 0 Å². The molecular weight excluding hydrogens is 172 g/mol. The van der Waals surface area contributed by atoms with Gasteiger partial charge in [-0.2, -0.15) is 0 Å². The molecule has 0 unspecified atom stereocenters. The first-order valence-corrected chi connectivity index (χ1v) is 3.95. The zero-order chi connectivity index (χ0) is 10.3. The Balaban J connectivity index is 4.76. The molecule has 0 saturated carbocycles. The number of ketones is 1. The first-order valence-electron chi connectivity index (χ1n) is 3.95. The van der Waals surface area contributed by atoms with Crippen LogP contribution in [0.1, 0.15) is 26.2 Å². The van der Waals surface area contributed by atoms with Gasteiger partial charge in [-0.1, -0.05) is 0 Å². The summed E-state index contributed by atoms with van der Waals surface area (Å²) in [5.41, 5.74) is -1.09. The van der Waals surface area contributed by atoms with Crippen LogP contribution >= 0.6 is 0 Å². The lowest BCUT2D eigenvalue weighted by molar-refractivity contribution is -0.134. The van der Waals surface area contributed by atoms with Crippen LogP contribution in [0, 0.1) is 5.41 Å². The molecule has 0 radical (unpaired) electrons. The average Bonchev–Trinajstić information content (AvgIpc) is 2.05. The molecule has 0 aliphatic carbocycles. The van der Waals surface area contributed by atoms with Crippen molar-refractivity contribution in [1.82, 2.24) is 0 Å². The Kier molecular flexibility index (Phi) is 4.80. The van der Waals surface area contributed by atoms with Crippen LogP contribution < -0.4 is 0 Å². The first-order chi connectivity index (χ1) is 6.13. The van der Waals surface area contributed by atoms with Crippen LogP contribution in [0.5, 0.6) is 0 Å². The van der Waals surface area contributed by atoms with Crippen LogP contribution in [0.3, 0.4) is 0 Å². The Bertz CT molecular complexity index is 193. The first kappa shape index (κ1) is 11.7. The summed E-state index contributed by atoms with van der Waals surface area (Å²) in [4.78, 5) is 42.0. The van der Waals surface area contributed by atoms with E-state index < -0.39 is 5.41 Å². The van der Waals surface area contributed by atoms with Crippen molar-refractivity contribution in [1.29, 1.82) is 0 Å². The van der Waals surface area contributed by atoms with Crippen LogP contribution in [0.2, 0.25) is 0 Å². The van der Waals surface area contributed by atoms with Crippen molar-refractivity contribution >= 4 is 24.6 Å². The van der Waals surface area contributed by atoms with Gasteiger partial charge in [0.1, 0.15) is 24.6 Å². The van der Waals surface area contributed by atoms with Gasteiger partial charge in [-0.3, -0.25) is 4.79 Å². The van der Waals surface area contributed by atoms with Crippen LogP contribution in [-0.2, 0) is 19.2 Å². The quantitative estimate of drug-likeness (QED) is 0.534. The fraction of sp³-hybridized carbons (Fsp3) is 0.556. The van der Waals surface area contributed by atoms with E-state index in [1.807, 2.05) is 0 Å². The highest BCUT2D eigenvalue weighted by Crippen LogP contribution is 2.29. The Morgan fingerprint density at radius 2 is 1.31 bits per heavy atom. The van der Waals surface area contributed by atoms with Gasteiger partial charge in [-0.25, -0.2) is 0 Å². The average molecular weight is 184 g/mol. The number of carbonyl (C=O) groups is 4. The molecule has 0 amide bonds. The SMILES string of the molecule is CC(=O)C(CC=O)(CC=O)CC=O. The van der Waals surface area contributed by atoms with Crippen molar-refractivity contribution in [3.63, 3.8) is 0 Å². The van der Waals surface area contributed by atoms with Crippen LogP contribution in [-0.4, -0.2) is 24.6 Å². The van der Waals surface area contributed by atoms with Crippen molar-refractivity contribution in [2.75, 3.05) is 0 Å². The third kappa shape index (κ3) is 2.89. The zero-order valence-electron chi connectivity index (χ0n) is 7.49. The van der Waals surface area contributed by atoms with Crippen molar-refractivity contribution in [2.24, 2.45) is 5.41 Å². The molecule has 0 heterocycles. The molecule has 0 saturated heterocycles. The number of Topliss-reactive ketones (excluding diaryl/α,β-unsaturated/α-hetero) is 1. The molecule has 0 atom stereocenters. The second-order valence-corrected chi connectivity index (χ2v) is 2.95. The molecule has 72 valence electrons. The molecule has 4 heteroatoms. The highest BCUT2D eigenvalue weighted by Gasteiger charge is 2.34. The second-order valence-electron chi connectivity index (χ2n) is 2.95. The second kappa shape index (κ2) is 5.35. The third-order valence-electron chi connectivity index (χ3n) is 2.17. The Morgan fingerprint density at radius 3 is 1.46 bits per heavy atom. The molecule has 0 aromatic heterocycles. The molecule has 4 nitrogen and oxygen atoms in total. The van der Waals surface area contributed by atoms with Gasteiger partial charge in [-0.05, 0) is 6.92 Å². The number of rotatable bonds is 7. The lowest BCUT2D eigenvalue weighted by atomic mass is 9.76. The van der Waals surface area contributed by atoms with Crippen molar-refractivity contribution in [3.8, 4) is 0 Å². The summed E-state index contributed by atoms with van der Waals surface area (Å²) in [6.07, 6.45) is 1.48. The van der Waals surface area contributed by atoms with Gasteiger partial charge >= 0.3 is 0 Å². The monoisotopic (exact) mass is 184 g/mol. The molecule has 0 spiro atoms. The molecule has 0 aliphatic rings. The van der Waals surface area contributed by atoms with Crippen molar-refractivity contribution < 1.29 is 19.2 Å². The predicted octanol–water partition coefficient (Wildman–Crippen LogP) is 0.329. The third-order valence-corrected chi connectivity index (χ3v) is 2.17. The number of aldehydes is 3. The lowest BCUT2D eigenvalue weighted by Crippen LogP contribution is -2.30. The van der Waals surface area contributed by atoms with Crippen LogP contribution in [0.15, 0.2) is 0 Å². The molecule has 0 rings (SSSR count). The van der Waals surface area contributed by atoms with E-state index in [4.69, 9.17) is 0 Å². The Morgan fingerprint density at radius 1 is 1.00 bits per heavy atom. The Labute approximate surface area is 76.3 Å². The van der Waals surface area contributed by atoms with E-state index in [0.717, 1.165) is 0 Å². The van der Waals surface area contributed by atoms with Gasteiger partial charge in [-0.15, -0.1) is 0 Å². The maximum atomic E-state index is 11.2. The molecule has 0 aromatic rings. The van der Waals surface area contributed by atoms with E-state index in [-0.39, 0.29) is 25.0 Å². The Hall–Kier alpha value is -1.32. The van der Waals surface area contributed by atoms with E-state index in [1.54, 1.807) is 0 Å². The van der Waals surface area contributed by atoms with Gasteiger partial charge in [0.05, 0.1) is 0 Å². The van der Waals surface area contributed by atoms with Gasteiger partial charge < -0.3 is 14.4 Å². The molecule has 0 aliphatic heterocycles. The maximum Gasteiger partial charge on any atom is 0.137 e. The smallest absolute Gasteiger partial charge is 0.137 e. The van der Waals surface area contributed by atoms with Crippen molar-refractivity contribution in [2.45, 2.75) is 26.2 Å². The molecule has 0 bridgehead atoms. The maximum absolute atomic E-state index is 11.2. The topological polar surface area (TPSA) is 68.3 Å². The lowest BCUT2D eigenvalue weighted by Gasteiger charge is -2.24. The minimum atomic E-state index is -1.09. The summed E-state index contributed by atoms with van der Waals surface area (Å²) in [6.45, 7) is 1.29. The minimum absolute atomic E-state index is 0.0696. The standard InChI is InChI=1S/C9H12O4/c1-8(13)9(2-5-10,3-6-11)4-7-12/h5-7H,2-4H2,1H3. The summed E-state index contributed by atoms with van der Waals surface area (Å²) < 4.78 is 0. The number of hydrogen-bond donors (Lipinski definition) is 0. The van der Waals surface area contributed by atoms with E-state index in [1.165, 1.54) is 6.92 Å². The summed E-state index contributed by atoms with van der Waals surface area (Å²) >= 11 is 0.